The van der Waals surface area contributed by atoms with Crippen LogP contribution >= 0.6 is 0 Å². The maximum Gasteiger partial charge on any atom is 0.227 e. The summed E-state index contributed by atoms with van der Waals surface area (Å²) in [4.78, 5) is 32.6. The zero-order valence-corrected chi connectivity index (χ0v) is 16.5. The quantitative estimate of drug-likeness (QED) is 0.613. The zero-order valence-electron chi connectivity index (χ0n) is 16.5. The number of para-hydroxylation sites is 2. The normalized spacial score (nSPS) is 16.0. The first kappa shape index (κ1) is 19.2. The summed E-state index contributed by atoms with van der Waals surface area (Å²) in [6.45, 7) is 1.97. The van der Waals surface area contributed by atoms with Crippen molar-refractivity contribution in [2.45, 2.75) is 57.4 Å². The van der Waals surface area contributed by atoms with Gasteiger partial charge >= 0.3 is 0 Å². The largest absolute Gasteiger partial charge is 0.502 e. The highest BCUT2D eigenvalue weighted by molar-refractivity contribution is 5.78. The van der Waals surface area contributed by atoms with Crippen LogP contribution < -0.4 is 10.7 Å². The second-order valence-electron chi connectivity index (χ2n) is 7.89. The van der Waals surface area contributed by atoms with Crippen molar-refractivity contribution in [3.63, 3.8) is 0 Å². The summed E-state index contributed by atoms with van der Waals surface area (Å²) in [5.41, 5.74) is 0.654. The van der Waals surface area contributed by atoms with Crippen LogP contribution in [0, 0.1) is 6.92 Å². The molecule has 1 aromatic carbocycles. The number of benzene rings is 1. The minimum Gasteiger partial charge on any atom is -0.502 e. The standard InChI is InChI=1S/C22H25N3O4/c1-14-11-17(26)20(28)21(29-14)22(9-5-2-6-10-22)12-19(27)23-13-18-24-15-7-3-4-8-16(15)25-18/h3-4,7-8,11,28H,2,5-6,9-10,12-13H2,1H3,(H,23,27)(H,24,25). The van der Waals surface area contributed by atoms with Gasteiger partial charge in [0.15, 0.2) is 5.76 Å². The van der Waals surface area contributed by atoms with E-state index in [4.69, 9.17) is 4.42 Å². The van der Waals surface area contributed by atoms with Crippen molar-refractivity contribution in [2.24, 2.45) is 0 Å². The number of H-pyrrole nitrogens is 1. The maximum absolute atomic E-state index is 12.8. The molecule has 2 heterocycles. The molecule has 1 aliphatic carbocycles. The van der Waals surface area contributed by atoms with Gasteiger partial charge in [-0.25, -0.2) is 4.98 Å². The molecule has 1 fully saturated rings. The molecular formula is C22H25N3O4. The van der Waals surface area contributed by atoms with Gasteiger partial charge in [-0.15, -0.1) is 0 Å². The van der Waals surface area contributed by atoms with Crippen LogP contribution in [0.15, 0.2) is 39.5 Å². The van der Waals surface area contributed by atoms with Crippen LogP contribution in [0.3, 0.4) is 0 Å². The molecule has 0 unspecified atom stereocenters. The second-order valence-corrected chi connectivity index (χ2v) is 7.89. The number of aryl methyl sites for hydroxylation is 1. The molecule has 7 heteroatoms. The molecular weight excluding hydrogens is 370 g/mol. The molecule has 2 aromatic heterocycles. The molecule has 0 saturated heterocycles. The minimum absolute atomic E-state index is 0.157. The fourth-order valence-electron chi connectivity index (χ4n) is 4.32. The smallest absolute Gasteiger partial charge is 0.227 e. The Hall–Kier alpha value is -3.09. The Morgan fingerprint density at radius 2 is 2.03 bits per heavy atom. The number of amides is 1. The molecule has 0 bridgehead atoms. The van der Waals surface area contributed by atoms with Crippen LogP contribution in [0.2, 0.25) is 0 Å². The first-order chi connectivity index (χ1) is 14.0. The molecule has 0 aliphatic heterocycles. The number of nitrogens with zero attached hydrogens (tertiary/aromatic N) is 1. The first-order valence-electron chi connectivity index (χ1n) is 10.0. The maximum atomic E-state index is 12.8. The summed E-state index contributed by atoms with van der Waals surface area (Å²) in [5, 5.41) is 13.3. The van der Waals surface area contributed by atoms with E-state index in [1.54, 1.807) is 6.92 Å². The van der Waals surface area contributed by atoms with Gasteiger partial charge in [0.05, 0.1) is 17.6 Å². The van der Waals surface area contributed by atoms with Gasteiger partial charge < -0.3 is 19.8 Å². The van der Waals surface area contributed by atoms with Crippen LogP contribution in [0.4, 0.5) is 0 Å². The molecule has 152 valence electrons. The number of carbonyl (C=O) groups excluding carboxylic acids is 1. The van der Waals surface area contributed by atoms with Crippen LogP contribution in [0.25, 0.3) is 11.0 Å². The number of aromatic nitrogens is 2. The van der Waals surface area contributed by atoms with E-state index in [0.29, 0.717) is 24.4 Å². The number of imidazole rings is 1. The molecule has 3 aromatic rings. The number of aromatic amines is 1. The van der Waals surface area contributed by atoms with Crippen molar-refractivity contribution in [3.05, 3.63) is 57.9 Å². The van der Waals surface area contributed by atoms with E-state index in [1.165, 1.54) is 6.07 Å². The van der Waals surface area contributed by atoms with Crippen molar-refractivity contribution in [1.82, 2.24) is 15.3 Å². The number of hydrogen-bond acceptors (Lipinski definition) is 5. The Morgan fingerprint density at radius 1 is 1.28 bits per heavy atom. The van der Waals surface area contributed by atoms with Crippen molar-refractivity contribution in [2.75, 3.05) is 0 Å². The summed E-state index contributed by atoms with van der Waals surface area (Å²) in [7, 11) is 0. The second kappa shape index (κ2) is 7.73. The first-order valence-corrected chi connectivity index (χ1v) is 10.0. The third-order valence-corrected chi connectivity index (χ3v) is 5.73. The van der Waals surface area contributed by atoms with Crippen LogP contribution in [-0.2, 0) is 16.8 Å². The molecule has 4 rings (SSSR count). The van der Waals surface area contributed by atoms with Gasteiger partial charge in [0.1, 0.15) is 11.6 Å². The third kappa shape index (κ3) is 3.90. The van der Waals surface area contributed by atoms with Crippen molar-refractivity contribution < 1.29 is 14.3 Å². The highest BCUT2D eigenvalue weighted by Crippen LogP contribution is 2.44. The molecule has 1 amide bonds. The average Bonchev–Trinajstić information content (AvgIpc) is 3.13. The predicted octanol–water partition coefficient (Wildman–Crippen LogP) is 3.44. The van der Waals surface area contributed by atoms with E-state index in [2.05, 4.69) is 15.3 Å². The Balaban J connectivity index is 1.53. The lowest BCUT2D eigenvalue weighted by Gasteiger charge is -2.36. The number of rotatable bonds is 5. The van der Waals surface area contributed by atoms with Crippen molar-refractivity contribution in [3.8, 4) is 5.75 Å². The van der Waals surface area contributed by atoms with Gasteiger partial charge in [0.25, 0.3) is 0 Å². The lowest BCUT2D eigenvalue weighted by Crippen LogP contribution is -2.37. The molecule has 0 radical (unpaired) electrons. The van der Waals surface area contributed by atoms with E-state index in [9.17, 15) is 14.7 Å². The molecule has 7 nitrogen and oxygen atoms in total. The number of fused-ring (bicyclic) bond motifs is 1. The summed E-state index contributed by atoms with van der Waals surface area (Å²) < 4.78 is 5.79. The SMILES string of the molecule is Cc1cc(=O)c(O)c(C2(CC(=O)NCc3nc4ccccc4[nH]3)CCCCC2)o1. The third-order valence-electron chi connectivity index (χ3n) is 5.73. The van der Waals surface area contributed by atoms with Gasteiger partial charge in [0, 0.05) is 17.9 Å². The van der Waals surface area contributed by atoms with E-state index in [0.717, 1.165) is 30.3 Å². The van der Waals surface area contributed by atoms with Gasteiger partial charge in [-0.2, -0.15) is 0 Å². The molecule has 1 saturated carbocycles. The highest BCUT2D eigenvalue weighted by Gasteiger charge is 2.41. The molecule has 1 aliphatic rings. The van der Waals surface area contributed by atoms with Crippen molar-refractivity contribution >= 4 is 16.9 Å². The van der Waals surface area contributed by atoms with E-state index in [-0.39, 0.29) is 30.4 Å². The summed E-state index contributed by atoms with van der Waals surface area (Å²) >= 11 is 0. The Bertz CT molecular complexity index is 1060. The van der Waals surface area contributed by atoms with Crippen LogP contribution in [-0.4, -0.2) is 21.0 Å². The number of hydrogen-bond donors (Lipinski definition) is 3. The molecule has 3 N–H and O–H groups in total. The Kier molecular flexibility index (Phi) is 5.13. The minimum atomic E-state index is -0.661. The molecule has 29 heavy (non-hydrogen) atoms. The summed E-state index contributed by atoms with van der Waals surface area (Å²) in [6.07, 6.45) is 4.48. The highest BCUT2D eigenvalue weighted by atomic mass is 16.4. The fraction of sp³-hybridized carbons (Fsp3) is 0.409. The average molecular weight is 395 g/mol. The molecule has 0 atom stereocenters. The fourth-order valence-corrected chi connectivity index (χ4v) is 4.32. The van der Waals surface area contributed by atoms with Crippen molar-refractivity contribution in [1.29, 1.82) is 0 Å². The van der Waals surface area contributed by atoms with E-state index < -0.39 is 10.8 Å². The predicted molar refractivity (Wildman–Crippen MR) is 109 cm³/mol. The Morgan fingerprint density at radius 3 is 2.79 bits per heavy atom. The summed E-state index contributed by atoms with van der Waals surface area (Å²) in [6, 6.07) is 8.97. The zero-order chi connectivity index (χ0) is 20.4. The molecule has 0 spiro atoms. The topological polar surface area (TPSA) is 108 Å². The number of aromatic hydroxyl groups is 1. The Labute approximate surface area is 168 Å². The number of nitrogens with one attached hydrogen (secondary N) is 2. The summed E-state index contributed by atoms with van der Waals surface area (Å²) in [5.74, 6) is 0.845. The van der Waals surface area contributed by atoms with Gasteiger partial charge in [-0.1, -0.05) is 31.4 Å². The van der Waals surface area contributed by atoms with Gasteiger partial charge in [0.2, 0.25) is 17.1 Å². The van der Waals surface area contributed by atoms with E-state index >= 15 is 0 Å². The number of carbonyl (C=O) groups is 1. The van der Waals surface area contributed by atoms with Gasteiger partial charge in [-0.05, 0) is 31.9 Å². The van der Waals surface area contributed by atoms with Crippen LogP contribution in [0.5, 0.6) is 5.75 Å². The lowest BCUT2D eigenvalue weighted by atomic mass is 9.69. The lowest BCUT2D eigenvalue weighted by molar-refractivity contribution is -0.123. The van der Waals surface area contributed by atoms with Gasteiger partial charge in [-0.3, -0.25) is 9.59 Å². The van der Waals surface area contributed by atoms with E-state index in [1.807, 2.05) is 24.3 Å². The van der Waals surface area contributed by atoms with Crippen LogP contribution in [0.1, 0.15) is 55.9 Å². The monoisotopic (exact) mass is 395 g/mol.